The zero-order chi connectivity index (χ0) is 20.8. The molecule has 4 atom stereocenters. The molecule has 0 saturated heterocycles. The van der Waals surface area contributed by atoms with Crippen LogP contribution in [0.4, 0.5) is 0 Å². The highest BCUT2D eigenvalue weighted by Crippen LogP contribution is 2.29. The Labute approximate surface area is 172 Å². The Morgan fingerprint density at radius 2 is 1.86 bits per heavy atom. The van der Waals surface area contributed by atoms with Gasteiger partial charge in [0.05, 0.1) is 0 Å². The van der Waals surface area contributed by atoms with E-state index in [0.717, 1.165) is 34.9 Å². The van der Waals surface area contributed by atoms with Gasteiger partial charge in [-0.1, -0.05) is 38.5 Å². The summed E-state index contributed by atoms with van der Waals surface area (Å²) in [4.78, 5) is 33.5. The molecule has 1 heterocycles. The minimum absolute atomic E-state index is 0.162. The fourth-order valence-corrected chi connectivity index (χ4v) is 4.24. The van der Waals surface area contributed by atoms with Crippen LogP contribution in [0.15, 0.2) is 5.16 Å². The third-order valence-electron chi connectivity index (χ3n) is 5.87. The monoisotopic (exact) mass is 407 g/mol. The zero-order valence-electron chi connectivity index (χ0n) is 17.9. The van der Waals surface area contributed by atoms with Crippen molar-refractivity contribution in [1.82, 2.24) is 15.3 Å². The summed E-state index contributed by atoms with van der Waals surface area (Å²) >= 11 is 1.50. The van der Waals surface area contributed by atoms with Gasteiger partial charge in [-0.3, -0.25) is 9.59 Å². The largest absolute Gasteiger partial charge is 0.453 e. The predicted octanol–water partition coefficient (Wildman–Crippen LogP) is 3.62. The number of amides is 1. The molecule has 1 N–H and O–H groups in total. The van der Waals surface area contributed by atoms with Crippen molar-refractivity contribution in [3.05, 3.63) is 17.0 Å². The van der Waals surface area contributed by atoms with Crippen LogP contribution in [0.1, 0.15) is 63.4 Å². The molecule has 0 aliphatic heterocycles. The molecule has 0 unspecified atom stereocenters. The quantitative estimate of drug-likeness (QED) is 0.422. The number of thioether (sulfide) groups is 1. The first kappa shape index (κ1) is 22.7. The van der Waals surface area contributed by atoms with Gasteiger partial charge >= 0.3 is 5.97 Å². The average molecular weight is 408 g/mol. The first-order chi connectivity index (χ1) is 13.2. The Kier molecular flexibility index (Phi) is 8.28. The van der Waals surface area contributed by atoms with Gasteiger partial charge < -0.3 is 10.1 Å². The molecule has 1 aliphatic carbocycles. The molecule has 0 bridgehead atoms. The highest BCUT2D eigenvalue weighted by Gasteiger charge is 2.30. The predicted molar refractivity (Wildman–Crippen MR) is 111 cm³/mol. The van der Waals surface area contributed by atoms with Crippen LogP contribution in [0.3, 0.4) is 0 Å². The van der Waals surface area contributed by atoms with Gasteiger partial charge in [0, 0.05) is 23.9 Å². The van der Waals surface area contributed by atoms with Crippen LogP contribution in [0.5, 0.6) is 0 Å². The number of nitrogens with one attached hydrogen (secondary N) is 1. The van der Waals surface area contributed by atoms with Crippen LogP contribution < -0.4 is 5.32 Å². The number of ether oxygens (including phenoxy) is 1. The van der Waals surface area contributed by atoms with Crippen LogP contribution in [0.2, 0.25) is 0 Å². The molecule has 28 heavy (non-hydrogen) atoms. The van der Waals surface area contributed by atoms with E-state index in [-0.39, 0.29) is 24.3 Å². The van der Waals surface area contributed by atoms with Crippen molar-refractivity contribution >= 4 is 23.6 Å². The van der Waals surface area contributed by atoms with Crippen LogP contribution in [-0.2, 0) is 20.7 Å². The Morgan fingerprint density at radius 1 is 1.21 bits per heavy atom. The molecule has 1 saturated carbocycles. The molecule has 0 spiro atoms. The Balaban J connectivity index is 1.84. The first-order valence-electron chi connectivity index (χ1n) is 10.1. The summed E-state index contributed by atoms with van der Waals surface area (Å²) in [5.41, 5.74) is 2.74. The number of aromatic nitrogens is 2. The Hall–Kier alpha value is -1.63. The molecule has 1 aromatic rings. The van der Waals surface area contributed by atoms with E-state index in [4.69, 9.17) is 4.74 Å². The van der Waals surface area contributed by atoms with Gasteiger partial charge in [0.25, 0.3) is 5.91 Å². The van der Waals surface area contributed by atoms with Crippen LogP contribution in [-0.4, -0.2) is 40.2 Å². The molecular formula is C21H33N3O3S. The fourth-order valence-electron chi connectivity index (χ4n) is 3.78. The molecule has 156 valence electrons. The maximum absolute atomic E-state index is 12.4. The van der Waals surface area contributed by atoms with Crippen LogP contribution in [0.25, 0.3) is 0 Å². The average Bonchev–Trinajstić information content (AvgIpc) is 2.64. The number of aryl methyl sites for hydroxylation is 2. The molecule has 1 fully saturated rings. The second-order valence-electron chi connectivity index (χ2n) is 7.87. The fraction of sp³-hybridized carbons (Fsp3) is 0.714. The van der Waals surface area contributed by atoms with Crippen molar-refractivity contribution in [2.24, 2.45) is 11.8 Å². The minimum Gasteiger partial charge on any atom is -0.453 e. The highest BCUT2D eigenvalue weighted by atomic mass is 32.2. The molecule has 1 amide bonds. The summed E-state index contributed by atoms with van der Waals surface area (Å²) in [5, 5.41) is 3.80. The van der Waals surface area contributed by atoms with Crippen LogP contribution in [0, 0.1) is 25.7 Å². The molecule has 6 nitrogen and oxygen atoms in total. The smallest absolute Gasteiger partial charge is 0.306 e. The van der Waals surface area contributed by atoms with Crippen molar-refractivity contribution < 1.29 is 14.3 Å². The summed E-state index contributed by atoms with van der Waals surface area (Å²) in [7, 11) is 0. The number of hydrogen-bond acceptors (Lipinski definition) is 6. The van der Waals surface area contributed by atoms with Crippen LogP contribution >= 0.6 is 11.8 Å². The number of carbonyl (C=O) groups is 2. The second kappa shape index (κ2) is 10.2. The number of hydrogen-bond donors (Lipinski definition) is 1. The molecule has 7 heteroatoms. The summed E-state index contributed by atoms with van der Waals surface area (Å²) in [6.07, 6.45) is 5.19. The summed E-state index contributed by atoms with van der Waals surface area (Å²) in [6.45, 7) is 9.90. The number of rotatable bonds is 7. The van der Waals surface area contributed by atoms with E-state index in [1.807, 2.05) is 20.1 Å². The molecule has 1 aromatic heterocycles. The van der Waals surface area contributed by atoms with E-state index in [9.17, 15) is 9.59 Å². The standard InChI is InChI=1S/C21H33N3O3S/c1-12-8-7-9-18(13(12)2)24-20(26)16(5)27-19(25)11-10-17-14(3)22-21(28-6)23-15(17)4/h12-13,16,18H,7-11H2,1-6H3,(H,24,26)/t12-,13-,16-,18+/m0/s1. The van der Waals surface area contributed by atoms with E-state index in [0.29, 0.717) is 18.3 Å². The van der Waals surface area contributed by atoms with Crippen molar-refractivity contribution in [1.29, 1.82) is 0 Å². The van der Waals surface area contributed by atoms with Crippen molar-refractivity contribution in [2.75, 3.05) is 6.26 Å². The lowest BCUT2D eigenvalue weighted by Crippen LogP contribution is -2.47. The van der Waals surface area contributed by atoms with Gasteiger partial charge in [-0.15, -0.1) is 0 Å². The van der Waals surface area contributed by atoms with E-state index < -0.39 is 6.10 Å². The summed E-state index contributed by atoms with van der Waals surface area (Å²) in [6, 6.07) is 0.162. The maximum Gasteiger partial charge on any atom is 0.306 e. The second-order valence-corrected chi connectivity index (χ2v) is 8.65. The number of esters is 1. The molecule has 0 aromatic carbocycles. The van der Waals surface area contributed by atoms with E-state index in [2.05, 4.69) is 29.1 Å². The number of nitrogens with zero attached hydrogens (tertiary/aromatic N) is 2. The lowest BCUT2D eigenvalue weighted by Gasteiger charge is -2.35. The normalized spacial score (nSPS) is 23.1. The van der Waals surface area contributed by atoms with Gasteiger partial charge in [0.1, 0.15) is 0 Å². The molecule has 1 aliphatic rings. The van der Waals surface area contributed by atoms with Crippen molar-refractivity contribution in [2.45, 2.75) is 84.0 Å². The minimum atomic E-state index is -0.783. The topological polar surface area (TPSA) is 81.2 Å². The Bertz CT molecular complexity index is 687. The Morgan fingerprint density at radius 3 is 2.46 bits per heavy atom. The maximum atomic E-state index is 12.4. The molecule has 0 radical (unpaired) electrons. The van der Waals surface area contributed by atoms with Gasteiger partial charge in [0.15, 0.2) is 11.3 Å². The van der Waals surface area contributed by atoms with Gasteiger partial charge in [-0.05, 0) is 57.3 Å². The van der Waals surface area contributed by atoms with Crippen molar-refractivity contribution in [3.63, 3.8) is 0 Å². The van der Waals surface area contributed by atoms with Crippen molar-refractivity contribution in [3.8, 4) is 0 Å². The van der Waals surface area contributed by atoms with E-state index >= 15 is 0 Å². The third kappa shape index (κ3) is 5.93. The third-order valence-corrected chi connectivity index (χ3v) is 6.42. The van der Waals surface area contributed by atoms with E-state index in [1.165, 1.54) is 18.2 Å². The lowest BCUT2D eigenvalue weighted by atomic mass is 9.78. The lowest BCUT2D eigenvalue weighted by molar-refractivity contribution is -0.155. The van der Waals surface area contributed by atoms with Gasteiger partial charge in [-0.2, -0.15) is 0 Å². The zero-order valence-corrected chi connectivity index (χ0v) is 18.7. The van der Waals surface area contributed by atoms with Gasteiger partial charge in [-0.25, -0.2) is 9.97 Å². The van der Waals surface area contributed by atoms with E-state index in [1.54, 1.807) is 6.92 Å². The molecular weight excluding hydrogens is 374 g/mol. The highest BCUT2D eigenvalue weighted by molar-refractivity contribution is 7.98. The molecule has 2 rings (SSSR count). The number of carbonyl (C=O) groups excluding carboxylic acids is 2. The summed E-state index contributed by atoms with van der Waals surface area (Å²) in [5.74, 6) is 0.457. The van der Waals surface area contributed by atoms with Gasteiger partial charge in [0.2, 0.25) is 0 Å². The SMILES string of the molecule is CSc1nc(C)c(CCC(=O)O[C@@H](C)C(=O)N[C@@H]2CCC[C@H](C)[C@@H]2C)c(C)n1. The summed E-state index contributed by atoms with van der Waals surface area (Å²) < 4.78 is 5.37. The first-order valence-corrected chi connectivity index (χ1v) is 11.3.